The highest BCUT2D eigenvalue weighted by atomic mass is 79.9. The van der Waals surface area contributed by atoms with Gasteiger partial charge in [0.1, 0.15) is 4.21 Å². The van der Waals surface area contributed by atoms with Gasteiger partial charge in [0.15, 0.2) is 0 Å². The van der Waals surface area contributed by atoms with Crippen LogP contribution in [0.1, 0.15) is 27.7 Å². The number of hydrogen-bond donors (Lipinski definition) is 2. The molecule has 0 aromatic carbocycles. The van der Waals surface area contributed by atoms with Crippen LogP contribution in [-0.2, 0) is 10.0 Å². The van der Waals surface area contributed by atoms with E-state index in [9.17, 15) is 8.42 Å². The van der Waals surface area contributed by atoms with Crippen molar-refractivity contribution in [2.45, 2.75) is 44.0 Å². The molecule has 1 aromatic heterocycles. The van der Waals surface area contributed by atoms with Crippen molar-refractivity contribution in [2.24, 2.45) is 16.6 Å². The Balaban J connectivity index is 2.30. The van der Waals surface area contributed by atoms with Gasteiger partial charge in [-0.25, -0.2) is 13.1 Å². The molecular formula is C12H18BrClN2O2S2. The van der Waals surface area contributed by atoms with Crippen LogP contribution in [0.25, 0.3) is 0 Å². The third-order valence-electron chi connectivity index (χ3n) is 4.25. The van der Waals surface area contributed by atoms with E-state index in [0.29, 0.717) is 8.81 Å². The highest BCUT2D eigenvalue weighted by molar-refractivity contribution is 9.11. The number of halogens is 2. The van der Waals surface area contributed by atoms with E-state index in [0.717, 1.165) is 11.3 Å². The molecule has 0 saturated heterocycles. The van der Waals surface area contributed by atoms with Gasteiger partial charge in [-0.1, -0.05) is 39.3 Å². The number of rotatable bonds is 3. The number of sulfonamides is 1. The average molecular weight is 402 g/mol. The number of thiophene rings is 1. The van der Waals surface area contributed by atoms with E-state index in [4.69, 9.17) is 17.3 Å². The molecule has 1 aliphatic rings. The Morgan fingerprint density at radius 2 is 1.85 bits per heavy atom. The van der Waals surface area contributed by atoms with Gasteiger partial charge in [-0.05, 0) is 32.8 Å². The SMILES string of the molecule is CC1(C)C(N)C(C)(C)C1NS(=O)(=O)c1cc(Cl)c(Br)s1. The lowest BCUT2D eigenvalue weighted by molar-refractivity contribution is -0.0593. The van der Waals surface area contributed by atoms with E-state index < -0.39 is 10.0 Å². The van der Waals surface area contributed by atoms with Crippen LogP contribution in [0.3, 0.4) is 0 Å². The molecular weight excluding hydrogens is 384 g/mol. The van der Waals surface area contributed by atoms with E-state index in [1.165, 1.54) is 6.07 Å². The maximum absolute atomic E-state index is 12.5. The van der Waals surface area contributed by atoms with Gasteiger partial charge in [0, 0.05) is 12.1 Å². The van der Waals surface area contributed by atoms with Gasteiger partial charge in [0.2, 0.25) is 10.0 Å². The first kappa shape index (κ1) is 16.7. The molecule has 1 fully saturated rings. The molecule has 0 bridgehead atoms. The average Bonchev–Trinajstić information content (AvgIpc) is 2.66. The van der Waals surface area contributed by atoms with Crippen molar-refractivity contribution in [3.63, 3.8) is 0 Å². The van der Waals surface area contributed by atoms with Gasteiger partial charge in [-0.15, -0.1) is 11.3 Å². The van der Waals surface area contributed by atoms with Gasteiger partial charge in [-0.3, -0.25) is 0 Å². The summed E-state index contributed by atoms with van der Waals surface area (Å²) in [5.74, 6) is 0. The summed E-state index contributed by atoms with van der Waals surface area (Å²) in [5.41, 5.74) is 5.58. The van der Waals surface area contributed by atoms with Crippen LogP contribution >= 0.6 is 38.9 Å². The van der Waals surface area contributed by atoms with E-state index in [1.54, 1.807) is 0 Å². The third kappa shape index (κ3) is 2.46. The maximum atomic E-state index is 12.5. The summed E-state index contributed by atoms with van der Waals surface area (Å²) in [7, 11) is -3.59. The van der Waals surface area contributed by atoms with Crippen molar-refractivity contribution >= 4 is 48.9 Å². The Morgan fingerprint density at radius 1 is 1.35 bits per heavy atom. The molecule has 2 rings (SSSR count). The van der Waals surface area contributed by atoms with Crippen LogP contribution in [0.2, 0.25) is 5.02 Å². The summed E-state index contributed by atoms with van der Waals surface area (Å²) in [4.78, 5) is 0. The molecule has 0 aliphatic heterocycles. The predicted octanol–water partition coefficient (Wildman–Crippen LogP) is 3.20. The van der Waals surface area contributed by atoms with Crippen LogP contribution < -0.4 is 10.5 Å². The van der Waals surface area contributed by atoms with Crippen LogP contribution in [0.5, 0.6) is 0 Å². The first-order chi connectivity index (χ1) is 8.90. The van der Waals surface area contributed by atoms with Crippen molar-refractivity contribution in [1.29, 1.82) is 0 Å². The predicted molar refractivity (Wildman–Crippen MR) is 86.7 cm³/mol. The fraction of sp³-hybridized carbons (Fsp3) is 0.667. The Hall–Kier alpha value is 0.340. The summed E-state index contributed by atoms with van der Waals surface area (Å²) in [6, 6.07) is 1.19. The Morgan fingerprint density at radius 3 is 2.25 bits per heavy atom. The second-order valence-electron chi connectivity index (χ2n) is 6.36. The summed E-state index contributed by atoms with van der Waals surface area (Å²) in [5, 5.41) is 0.402. The molecule has 8 heteroatoms. The van der Waals surface area contributed by atoms with Crippen LogP contribution in [0, 0.1) is 10.8 Å². The van der Waals surface area contributed by atoms with Crippen molar-refractivity contribution in [3.8, 4) is 0 Å². The minimum absolute atomic E-state index is 0.0543. The minimum Gasteiger partial charge on any atom is -0.327 e. The zero-order valence-corrected chi connectivity index (χ0v) is 15.7. The lowest BCUT2D eigenvalue weighted by atomic mass is 9.49. The monoisotopic (exact) mass is 400 g/mol. The van der Waals surface area contributed by atoms with Gasteiger partial charge in [0.25, 0.3) is 0 Å². The quantitative estimate of drug-likeness (QED) is 0.817. The van der Waals surface area contributed by atoms with Gasteiger partial charge >= 0.3 is 0 Å². The minimum atomic E-state index is -3.59. The molecule has 3 N–H and O–H groups in total. The van der Waals surface area contributed by atoms with Gasteiger partial charge in [0.05, 0.1) is 8.81 Å². The van der Waals surface area contributed by atoms with Gasteiger partial charge in [-0.2, -0.15) is 0 Å². The Kier molecular flexibility index (Phi) is 4.11. The van der Waals surface area contributed by atoms with E-state index in [2.05, 4.69) is 20.7 Å². The van der Waals surface area contributed by atoms with Crippen LogP contribution in [0.4, 0.5) is 0 Å². The van der Waals surface area contributed by atoms with Crippen LogP contribution in [0.15, 0.2) is 14.1 Å². The summed E-state index contributed by atoms with van der Waals surface area (Å²) < 4.78 is 28.5. The molecule has 4 nitrogen and oxygen atoms in total. The molecule has 0 spiro atoms. The normalized spacial score (nSPS) is 28.1. The highest BCUT2D eigenvalue weighted by Crippen LogP contribution is 2.53. The molecule has 1 saturated carbocycles. The molecule has 1 aromatic rings. The zero-order valence-electron chi connectivity index (χ0n) is 11.7. The molecule has 0 amide bonds. The number of nitrogens with two attached hydrogens (primary N) is 1. The molecule has 0 radical (unpaired) electrons. The standard InChI is InChI=1S/C12H18BrClN2O2S2/c1-11(2)9(15)12(3,4)10(11)16-20(17,18)7-5-6(14)8(13)19-7/h5,9-10,16H,15H2,1-4H3. The molecule has 1 heterocycles. The van der Waals surface area contributed by atoms with Crippen molar-refractivity contribution < 1.29 is 8.42 Å². The first-order valence-corrected chi connectivity index (χ1v) is 9.60. The smallest absolute Gasteiger partial charge is 0.250 e. The zero-order chi connectivity index (χ0) is 15.5. The van der Waals surface area contributed by atoms with Crippen molar-refractivity contribution in [2.75, 3.05) is 0 Å². The second kappa shape index (κ2) is 4.93. The number of nitrogens with one attached hydrogen (secondary N) is 1. The summed E-state index contributed by atoms with van der Waals surface area (Å²) >= 11 is 10.2. The molecule has 114 valence electrons. The van der Waals surface area contributed by atoms with Gasteiger partial charge < -0.3 is 5.73 Å². The maximum Gasteiger partial charge on any atom is 0.250 e. The van der Waals surface area contributed by atoms with Crippen molar-refractivity contribution in [1.82, 2.24) is 4.72 Å². The fourth-order valence-corrected chi connectivity index (χ4v) is 7.12. The molecule has 0 unspecified atom stereocenters. The fourth-order valence-electron chi connectivity index (χ4n) is 3.16. The summed E-state index contributed by atoms with van der Waals surface area (Å²) in [6.45, 7) is 7.92. The van der Waals surface area contributed by atoms with Crippen molar-refractivity contribution in [3.05, 3.63) is 14.9 Å². The van der Waals surface area contributed by atoms with E-state index >= 15 is 0 Å². The summed E-state index contributed by atoms with van der Waals surface area (Å²) in [6.07, 6.45) is 0. The first-order valence-electron chi connectivity index (χ1n) is 6.13. The molecule has 1 aliphatic carbocycles. The number of hydrogen-bond acceptors (Lipinski definition) is 4. The Labute approximate surface area is 137 Å². The molecule has 20 heavy (non-hydrogen) atoms. The molecule has 0 atom stereocenters. The van der Waals surface area contributed by atoms with E-state index in [1.807, 2.05) is 27.7 Å². The lowest BCUT2D eigenvalue weighted by Crippen LogP contribution is -2.75. The van der Waals surface area contributed by atoms with E-state index in [-0.39, 0.29) is 27.1 Å². The third-order valence-corrected chi connectivity index (χ3v) is 8.62. The second-order valence-corrected chi connectivity index (χ2v) is 11.1. The Bertz CT molecular complexity index is 604. The highest BCUT2D eigenvalue weighted by Gasteiger charge is 2.61. The topological polar surface area (TPSA) is 72.2 Å². The lowest BCUT2D eigenvalue weighted by Gasteiger charge is -2.62. The largest absolute Gasteiger partial charge is 0.327 e. The van der Waals surface area contributed by atoms with Crippen LogP contribution in [-0.4, -0.2) is 20.5 Å².